The Morgan fingerprint density at radius 2 is 2.20 bits per heavy atom. The van der Waals surface area contributed by atoms with Gasteiger partial charge in [-0.2, -0.15) is 0 Å². The van der Waals surface area contributed by atoms with Crippen molar-refractivity contribution in [2.45, 2.75) is 50.6 Å². The van der Waals surface area contributed by atoms with Crippen LogP contribution in [0.15, 0.2) is 11.3 Å². The van der Waals surface area contributed by atoms with Gasteiger partial charge in [0.05, 0.1) is 12.5 Å². The number of epoxide rings is 1. The van der Waals surface area contributed by atoms with Gasteiger partial charge in [0.15, 0.2) is 5.78 Å². The van der Waals surface area contributed by atoms with E-state index in [1.54, 1.807) is 0 Å². The fourth-order valence-electron chi connectivity index (χ4n) is 2.42. The average molecular weight is 210 g/mol. The number of Topliss-reactive ketones (excluding diaryl/α,β-unsaturated/α-hetero) is 1. The van der Waals surface area contributed by atoms with E-state index in [-0.39, 0.29) is 18.0 Å². The van der Waals surface area contributed by atoms with Crippen molar-refractivity contribution in [1.82, 2.24) is 0 Å². The lowest BCUT2D eigenvalue weighted by Crippen LogP contribution is -2.39. The molecule has 0 aromatic rings. The van der Waals surface area contributed by atoms with Crippen molar-refractivity contribution in [2.24, 2.45) is 0 Å². The zero-order valence-electron chi connectivity index (χ0n) is 8.82. The summed E-state index contributed by atoms with van der Waals surface area (Å²) in [5.74, 6) is 0.765. The van der Waals surface area contributed by atoms with E-state index in [4.69, 9.17) is 9.47 Å². The third-order valence-electron chi connectivity index (χ3n) is 3.18. The number of carbonyl (C=O) groups is 1. The summed E-state index contributed by atoms with van der Waals surface area (Å²) in [6.07, 6.45) is -0.0957. The van der Waals surface area contributed by atoms with Crippen LogP contribution in [0.4, 0.5) is 0 Å². The van der Waals surface area contributed by atoms with Crippen LogP contribution in [0.1, 0.15) is 26.7 Å². The molecule has 1 fully saturated rings. The Bertz CT molecular complexity index is 369. The van der Waals surface area contributed by atoms with Gasteiger partial charge in [-0.25, -0.2) is 0 Å². The van der Waals surface area contributed by atoms with Gasteiger partial charge in [0, 0.05) is 12.0 Å². The van der Waals surface area contributed by atoms with Crippen LogP contribution in [0.3, 0.4) is 0 Å². The topological polar surface area (TPSA) is 59.1 Å². The fourth-order valence-corrected chi connectivity index (χ4v) is 2.42. The maximum absolute atomic E-state index is 11.8. The van der Waals surface area contributed by atoms with E-state index in [1.165, 1.54) is 0 Å². The molecule has 3 rings (SSSR count). The van der Waals surface area contributed by atoms with Crippen molar-refractivity contribution in [2.75, 3.05) is 0 Å². The summed E-state index contributed by atoms with van der Waals surface area (Å²) in [6, 6.07) is 0. The van der Waals surface area contributed by atoms with Gasteiger partial charge >= 0.3 is 0 Å². The number of hydrogen-bond donors (Lipinski definition) is 1. The molecule has 2 heterocycles. The number of rotatable bonds is 0. The number of fused-ring (bicyclic) bond motifs is 2. The highest BCUT2D eigenvalue weighted by Gasteiger charge is 2.56. The third kappa shape index (κ3) is 1.32. The molecule has 0 aromatic heterocycles. The minimum Gasteiger partial charge on any atom is -0.488 e. The first kappa shape index (κ1) is 9.36. The summed E-state index contributed by atoms with van der Waals surface area (Å²) in [5, 5.41) is 9.64. The quantitative estimate of drug-likeness (QED) is 0.593. The van der Waals surface area contributed by atoms with Gasteiger partial charge in [0.2, 0.25) is 0 Å². The van der Waals surface area contributed by atoms with Crippen molar-refractivity contribution in [3.05, 3.63) is 11.3 Å². The Hall–Kier alpha value is -0.870. The molecular weight excluding hydrogens is 196 g/mol. The van der Waals surface area contributed by atoms with Gasteiger partial charge < -0.3 is 14.6 Å². The molecule has 82 valence electrons. The van der Waals surface area contributed by atoms with Gasteiger partial charge in [-0.05, 0) is 13.8 Å². The summed E-state index contributed by atoms with van der Waals surface area (Å²) in [5.41, 5.74) is 0.204. The van der Waals surface area contributed by atoms with E-state index >= 15 is 0 Å². The molecule has 0 saturated carbocycles. The van der Waals surface area contributed by atoms with E-state index in [0.29, 0.717) is 24.2 Å². The largest absolute Gasteiger partial charge is 0.488 e. The van der Waals surface area contributed by atoms with Crippen LogP contribution in [0.5, 0.6) is 0 Å². The Morgan fingerprint density at radius 1 is 1.47 bits per heavy atom. The minimum absolute atomic E-state index is 0.0919. The molecule has 0 radical (unpaired) electrons. The van der Waals surface area contributed by atoms with Gasteiger partial charge in [0.1, 0.15) is 23.6 Å². The van der Waals surface area contributed by atoms with Gasteiger partial charge in [0.25, 0.3) is 0 Å². The molecule has 1 aliphatic carbocycles. The lowest BCUT2D eigenvalue weighted by molar-refractivity contribution is -0.124. The second-order valence-electron chi connectivity index (χ2n) is 5.10. The van der Waals surface area contributed by atoms with Crippen LogP contribution in [0, 0.1) is 0 Å². The van der Waals surface area contributed by atoms with Gasteiger partial charge in [-0.1, -0.05) is 0 Å². The molecule has 4 heteroatoms. The maximum atomic E-state index is 11.8. The fraction of sp³-hybridized carbons (Fsp3) is 0.727. The van der Waals surface area contributed by atoms with Crippen LogP contribution < -0.4 is 0 Å². The maximum Gasteiger partial charge on any atom is 0.166 e. The number of aliphatic hydroxyl groups excluding tert-OH is 1. The van der Waals surface area contributed by atoms with Crippen molar-refractivity contribution in [3.8, 4) is 0 Å². The standard InChI is InChI=1S/C11H14O4/c1-11(2)4-7(13)5-3-6(12)9-10(14-9)8(5)15-11/h6,9-10,12H,3-4H2,1-2H3/t6-,9+,10-/m0/s1. The van der Waals surface area contributed by atoms with Crippen LogP contribution in [-0.2, 0) is 14.3 Å². The highest BCUT2D eigenvalue weighted by molar-refractivity contribution is 5.97. The van der Waals surface area contributed by atoms with E-state index < -0.39 is 11.7 Å². The lowest BCUT2D eigenvalue weighted by atomic mass is 9.85. The Balaban J connectivity index is 2.00. The lowest BCUT2D eigenvalue weighted by Gasteiger charge is -2.35. The monoisotopic (exact) mass is 210 g/mol. The Morgan fingerprint density at radius 3 is 2.93 bits per heavy atom. The average Bonchev–Trinajstić information content (AvgIpc) is 2.86. The Labute approximate surface area is 87.9 Å². The summed E-state index contributed by atoms with van der Waals surface area (Å²) in [4.78, 5) is 11.8. The zero-order valence-corrected chi connectivity index (χ0v) is 8.82. The molecule has 2 aliphatic heterocycles. The molecule has 0 unspecified atom stereocenters. The second-order valence-corrected chi connectivity index (χ2v) is 5.10. The molecule has 0 aromatic carbocycles. The number of hydrogen-bond acceptors (Lipinski definition) is 4. The molecule has 0 amide bonds. The summed E-state index contributed by atoms with van der Waals surface area (Å²) < 4.78 is 11.1. The van der Waals surface area contributed by atoms with Crippen molar-refractivity contribution < 1.29 is 19.4 Å². The van der Waals surface area contributed by atoms with E-state index in [9.17, 15) is 9.90 Å². The predicted molar refractivity (Wildman–Crippen MR) is 51.1 cm³/mol. The predicted octanol–water partition coefficient (Wildman–Crippen LogP) is 0.540. The van der Waals surface area contributed by atoms with Crippen LogP contribution in [0.2, 0.25) is 0 Å². The van der Waals surface area contributed by atoms with Crippen molar-refractivity contribution in [3.63, 3.8) is 0 Å². The molecule has 15 heavy (non-hydrogen) atoms. The highest BCUT2D eigenvalue weighted by Crippen LogP contribution is 2.46. The number of ether oxygens (including phenoxy) is 2. The van der Waals surface area contributed by atoms with Crippen molar-refractivity contribution in [1.29, 1.82) is 0 Å². The normalized spacial score (nSPS) is 41.8. The molecule has 1 saturated heterocycles. The first-order valence-corrected chi connectivity index (χ1v) is 5.27. The van der Waals surface area contributed by atoms with E-state index in [0.717, 1.165) is 0 Å². The molecule has 0 bridgehead atoms. The van der Waals surface area contributed by atoms with Gasteiger partial charge in [-0.15, -0.1) is 0 Å². The Kier molecular flexibility index (Phi) is 1.64. The number of aliphatic hydroxyl groups is 1. The molecule has 1 N–H and O–H groups in total. The van der Waals surface area contributed by atoms with Gasteiger partial charge in [-0.3, -0.25) is 4.79 Å². The van der Waals surface area contributed by atoms with E-state index in [2.05, 4.69) is 0 Å². The highest BCUT2D eigenvalue weighted by atomic mass is 16.6. The van der Waals surface area contributed by atoms with Crippen molar-refractivity contribution >= 4 is 5.78 Å². The van der Waals surface area contributed by atoms with Crippen LogP contribution in [-0.4, -0.2) is 34.8 Å². The second kappa shape index (κ2) is 2.62. The molecule has 4 nitrogen and oxygen atoms in total. The first-order chi connectivity index (χ1) is 6.98. The summed E-state index contributed by atoms with van der Waals surface area (Å²) in [7, 11) is 0. The smallest absolute Gasteiger partial charge is 0.166 e. The molecule has 0 spiro atoms. The minimum atomic E-state index is -0.539. The van der Waals surface area contributed by atoms with Crippen LogP contribution >= 0.6 is 0 Å². The SMILES string of the molecule is CC1(C)CC(=O)C2=C(O1)[C@@H]1O[C@@H]1[C@@H](O)C2. The van der Waals surface area contributed by atoms with Crippen LogP contribution in [0.25, 0.3) is 0 Å². The number of ketones is 1. The third-order valence-corrected chi connectivity index (χ3v) is 3.18. The molecule has 3 atom stereocenters. The molecule has 3 aliphatic rings. The summed E-state index contributed by atoms with van der Waals surface area (Å²) in [6.45, 7) is 3.80. The van der Waals surface area contributed by atoms with E-state index in [1.807, 2.05) is 13.8 Å². The molecular formula is C11H14O4. The first-order valence-electron chi connectivity index (χ1n) is 5.27. The summed E-state index contributed by atoms with van der Waals surface area (Å²) >= 11 is 0. The zero-order chi connectivity index (χ0) is 10.8. The number of carbonyl (C=O) groups excluding carboxylic acids is 1.